The number of aliphatic hydroxyl groups excluding tert-OH is 1. The molecule has 0 unspecified atom stereocenters. The lowest BCUT2D eigenvalue weighted by atomic mass is 9.83. The monoisotopic (exact) mass is 204 g/mol. The molecule has 1 fully saturated rings. The Morgan fingerprint density at radius 2 is 1.67 bits per heavy atom. The van der Waals surface area contributed by atoms with Crippen molar-refractivity contribution in [3.63, 3.8) is 0 Å². The normalized spacial score (nSPS) is 20.1. The molecule has 15 heavy (non-hydrogen) atoms. The molecule has 0 heterocycles. The first-order chi connectivity index (χ1) is 7.27. The number of benzene rings is 1. The van der Waals surface area contributed by atoms with Crippen LogP contribution in [-0.2, 0) is 0 Å². The zero-order valence-electron chi connectivity index (χ0n) is 9.45. The fourth-order valence-electron chi connectivity index (χ4n) is 2.49. The summed E-state index contributed by atoms with van der Waals surface area (Å²) in [6, 6.07) is 8.30. The van der Waals surface area contributed by atoms with E-state index in [0.717, 1.165) is 5.56 Å². The van der Waals surface area contributed by atoms with Gasteiger partial charge in [0.1, 0.15) is 0 Å². The Kier molecular flexibility index (Phi) is 3.42. The fraction of sp³-hybridized carbons (Fsp3) is 0.571. The maximum atomic E-state index is 10.2. The quantitative estimate of drug-likeness (QED) is 0.780. The standard InChI is InChI=1S/C14H20O/c1-11-7-9-13(10-8-11)14(15)12-5-3-2-4-6-12/h7-10,12,14-15H,2-6H2,1H3/t14-/m0/s1. The van der Waals surface area contributed by atoms with Crippen LogP contribution in [0, 0.1) is 12.8 Å². The first-order valence-electron chi connectivity index (χ1n) is 6.02. The number of hydrogen-bond acceptors (Lipinski definition) is 1. The van der Waals surface area contributed by atoms with Crippen LogP contribution < -0.4 is 0 Å². The van der Waals surface area contributed by atoms with E-state index in [-0.39, 0.29) is 6.10 Å². The molecule has 1 heteroatoms. The van der Waals surface area contributed by atoms with Crippen molar-refractivity contribution < 1.29 is 5.11 Å². The fourth-order valence-corrected chi connectivity index (χ4v) is 2.49. The predicted molar refractivity (Wildman–Crippen MR) is 62.7 cm³/mol. The summed E-state index contributed by atoms with van der Waals surface area (Å²) >= 11 is 0. The van der Waals surface area contributed by atoms with Gasteiger partial charge in [-0.1, -0.05) is 49.1 Å². The average molecular weight is 204 g/mol. The van der Waals surface area contributed by atoms with Crippen molar-refractivity contribution in [2.24, 2.45) is 5.92 Å². The Labute approximate surface area is 92.1 Å². The van der Waals surface area contributed by atoms with Crippen LogP contribution in [0.1, 0.15) is 49.3 Å². The Balaban J connectivity index is 2.05. The molecule has 0 amide bonds. The molecule has 1 nitrogen and oxygen atoms in total. The Hall–Kier alpha value is -0.820. The van der Waals surface area contributed by atoms with Crippen LogP contribution in [0.3, 0.4) is 0 Å². The minimum atomic E-state index is -0.245. The molecule has 1 aromatic carbocycles. The molecule has 0 bridgehead atoms. The van der Waals surface area contributed by atoms with E-state index in [1.807, 2.05) is 0 Å². The lowest BCUT2D eigenvalue weighted by Gasteiger charge is -2.26. The van der Waals surface area contributed by atoms with E-state index < -0.39 is 0 Å². The smallest absolute Gasteiger partial charge is 0.0818 e. The molecule has 1 aliphatic rings. The van der Waals surface area contributed by atoms with Crippen LogP contribution in [0.25, 0.3) is 0 Å². The molecule has 0 saturated heterocycles. The minimum Gasteiger partial charge on any atom is -0.388 e. The van der Waals surface area contributed by atoms with E-state index in [0.29, 0.717) is 5.92 Å². The van der Waals surface area contributed by atoms with Crippen LogP contribution in [0.4, 0.5) is 0 Å². The largest absolute Gasteiger partial charge is 0.388 e. The second kappa shape index (κ2) is 4.80. The third-order valence-corrected chi connectivity index (χ3v) is 3.52. The molecule has 0 spiro atoms. The van der Waals surface area contributed by atoms with Gasteiger partial charge < -0.3 is 5.11 Å². The molecule has 2 rings (SSSR count). The van der Waals surface area contributed by atoms with E-state index in [1.165, 1.54) is 37.7 Å². The predicted octanol–water partition coefficient (Wildman–Crippen LogP) is 3.61. The van der Waals surface area contributed by atoms with E-state index in [2.05, 4.69) is 31.2 Å². The molecular formula is C14H20O. The van der Waals surface area contributed by atoms with Crippen molar-refractivity contribution >= 4 is 0 Å². The van der Waals surface area contributed by atoms with Gasteiger partial charge in [0.2, 0.25) is 0 Å². The summed E-state index contributed by atoms with van der Waals surface area (Å²) in [5, 5.41) is 10.2. The summed E-state index contributed by atoms with van der Waals surface area (Å²) in [5.74, 6) is 0.487. The Morgan fingerprint density at radius 3 is 2.27 bits per heavy atom. The van der Waals surface area contributed by atoms with Crippen LogP contribution in [0.15, 0.2) is 24.3 Å². The van der Waals surface area contributed by atoms with Crippen molar-refractivity contribution in [1.82, 2.24) is 0 Å². The van der Waals surface area contributed by atoms with Gasteiger partial charge >= 0.3 is 0 Å². The highest BCUT2D eigenvalue weighted by Crippen LogP contribution is 2.34. The molecule has 0 aliphatic heterocycles. The second-order valence-corrected chi connectivity index (χ2v) is 4.75. The van der Waals surface area contributed by atoms with Gasteiger partial charge in [0.15, 0.2) is 0 Å². The summed E-state index contributed by atoms with van der Waals surface area (Å²) < 4.78 is 0. The van der Waals surface area contributed by atoms with Crippen molar-refractivity contribution in [3.05, 3.63) is 35.4 Å². The SMILES string of the molecule is Cc1ccc([C@@H](O)C2CCCCC2)cc1. The minimum absolute atomic E-state index is 0.245. The summed E-state index contributed by atoms with van der Waals surface area (Å²) in [6.45, 7) is 2.08. The highest BCUT2D eigenvalue weighted by atomic mass is 16.3. The number of rotatable bonds is 2. The topological polar surface area (TPSA) is 20.2 Å². The number of aliphatic hydroxyl groups is 1. The molecule has 1 saturated carbocycles. The highest BCUT2D eigenvalue weighted by Gasteiger charge is 2.22. The molecule has 1 atom stereocenters. The second-order valence-electron chi connectivity index (χ2n) is 4.75. The zero-order chi connectivity index (χ0) is 10.7. The third-order valence-electron chi connectivity index (χ3n) is 3.52. The van der Waals surface area contributed by atoms with Crippen molar-refractivity contribution in [3.8, 4) is 0 Å². The van der Waals surface area contributed by atoms with Gasteiger partial charge in [-0.15, -0.1) is 0 Å². The summed E-state index contributed by atoms with van der Waals surface area (Å²) in [7, 11) is 0. The molecular weight excluding hydrogens is 184 g/mol. The van der Waals surface area contributed by atoms with Gasteiger partial charge in [-0.2, -0.15) is 0 Å². The van der Waals surface area contributed by atoms with Gasteiger partial charge in [0.05, 0.1) is 6.10 Å². The van der Waals surface area contributed by atoms with E-state index >= 15 is 0 Å². The number of aryl methyl sites for hydroxylation is 1. The van der Waals surface area contributed by atoms with Crippen molar-refractivity contribution in [2.45, 2.75) is 45.1 Å². The first-order valence-corrected chi connectivity index (χ1v) is 6.02. The van der Waals surface area contributed by atoms with Crippen LogP contribution in [0.2, 0.25) is 0 Å². The Morgan fingerprint density at radius 1 is 1.07 bits per heavy atom. The summed E-state index contributed by atoms with van der Waals surface area (Å²) in [6.07, 6.45) is 6.05. The van der Waals surface area contributed by atoms with Gasteiger partial charge in [0.25, 0.3) is 0 Å². The average Bonchev–Trinajstić information content (AvgIpc) is 2.30. The third kappa shape index (κ3) is 2.60. The van der Waals surface area contributed by atoms with Crippen LogP contribution in [0.5, 0.6) is 0 Å². The molecule has 1 aliphatic carbocycles. The molecule has 0 radical (unpaired) electrons. The lowest BCUT2D eigenvalue weighted by Crippen LogP contribution is -2.15. The Bertz CT molecular complexity index is 296. The highest BCUT2D eigenvalue weighted by molar-refractivity contribution is 5.23. The number of hydrogen-bond donors (Lipinski definition) is 1. The maximum Gasteiger partial charge on any atom is 0.0818 e. The van der Waals surface area contributed by atoms with Crippen LogP contribution in [-0.4, -0.2) is 5.11 Å². The van der Waals surface area contributed by atoms with Gasteiger partial charge in [-0.25, -0.2) is 0 Å². The molecule has 0 aromatic heterocycles. The van der Waals surface area contributed by atoms with E-state index in [1.54, 1.807) is 0 Å². The molecule has 1 N–H and O–H groups in total. The summed E-state index contributed by atoms with van der Waals surface area (Å²) in [5.41, 5.74) is 2.35. The van der Waals surface area contributed by atoms with E-state index in [9.17, 15) is 5.11 Å². The lowest BCUT2D eigenvalue weighted by molar-refractivity contribution is 0.0848. The molecule has 82 valence electrons. The van der Waals surface area contributed by atoms with Gasteiger partial charge in [-0.3, -0.25) is 0 Å². The molecule has 1 aromatic rings. The summed E-state index contributed by atoms with van der Waals surface area (Å²) in [4.78, 5) is 0. The zero-order valence-corrected chi connectivity index (χ0v) is 9.45. The van der Waals surface area contributed by atoms with Gasteiger partial charge in [-0.05, 0) is 31.2 Å². The maximum absolute atomic E-state index is 10.2. The van der Waals surface area contributed by atoms with Gasteiger partial charge in [0, 0.05) is 0 Å². The van der Waals surface area contributed by atoms with E-state index in [4.69, 9.17) is 0 Å². The van der Waals surface area contributed by atoms with Crippen LogP contribution >= 0.6 is 0 Å². The van der Waals surface area contributed by atoms with Crippen molar-refractivity contribution in [2.75, 3.05) is 0 Å². The first kappa shape index (κ1) is 10.7. The van der Waals surface area contributed by atoms with Crippen molar-refractivity contribution in [1.29, 1.82) is 0 Å².